The first-order chi connectivity index (χ1) is 16.6. The number of ketones is 1. The Morgan fingerprint density at radius 3 is 2.88 bits per heavy atom. The number of ether oxygens (including phenoxy) is 1. The maximum absolute atomic E-state index is 12.7. The Hall–Kier alpha value is -3.29. The summed E-state index contributed by atoms with van der Waals surface area (Å²) in [5, 5.41) is 13.1. The normalized spacial score (nSPS) is 17.7. The number of rotatable bonds is 2. The first kappa shape index (κ1) is 23.9. The van der Waals surface area contributed by atoms with Crippen molar-refractivity contribution in [3.63, 3.8) is 0 Å². The predicted molar refractivity (Wildman–Crippen MR) is 133 cm³/mol. The molecule has 1 aromatic heterocycles. The van der Waals surface area contributed by atoms with Crippen molar-refractivity contribution in [2.75, 3.05) is 32.6 Å². The van der Waals surface area contributed by atoms with E-state index in [-0.39, 0.29) is 18.3 Å². The number of anilines is 2. The molecule has 0 amide bonds. The van der Waals surface area contributed by atoms with Gasteiger partial charge in [-0.05, 0) is 74.8 Å². The smallest absolute Gasteiger partial charge is 0.227 e. The van der Waals surface area contributed by atoms with Crippen LogP contribution in [0.5, 0.6) is 5.75 Å². The van der Waals surface area contributed by atoms with E-state index in [1.807, 2.05) is 49.5 Å². The molecule has 1 aliphatic heterocycles. The van der Waals surface area contributed by atoms with Crippen molar-refractivity contribution < 1.29 is 14.6 Å². The maximum atomic E-state index is 12.7. The van der Waals surface area contributed by atoms with E-state index in [1.54, 1.807) is 13.3 Å². The van der Waals surface area contributed by atoms with E-state index in [9.17, 15) is 9.90 Å². The molecule has 2 aromatic carbocycles. The third-order valence-corrected chi connectivity index (χ3v) is 6.28. The van der Waals surface area contributed by atoms with Crippen molar-refractivity contribution >= 4 is 17.4 Å². The summed E-state index contributed by atoms with van der Waals surface area (Å²) >= 11 is 0. The van der Waals surface area contributed by atoms with Gasteiger partial charge in [-0.1, -0.05) is 12.1 Å². The molecule has 0 unspecified atom stereocenters. The van der Waals surface area contributed by atoms with Gasteiger partial charge in [0.15, 0.2) is 0 Å². The Morgan fingerprint density at radius 1 is 1.18 bits per heavy atom. The first-order valence-corrected chi connectivity index (χ1v) is 11.7. The second-order valence-electron chi connectivity index (χ2n) is 8.84. The van der Waals surface area contributed by atoms with Crippen LogP contribution in [-0.4, -0.2) is 53.1 Å². The van der Waals surface area contributed by atoms with E-state index in [1.165, 1.54) is 0 Å². The maximum Gasteiger partial charge on any atom is 0.227 e. The molecule has 0 spiro atoms. The second kappa shape index (κ2) is 11.2. The Bertz CT molecular complexity index is 1130. The van der Waals surface area contributed by atoms with Gasteiger partial charge in [0.2, 0.25) is 5.95 Å². The average molecular weight is 461 g/mol. The molecule has 0 saturated carbocycles. The predicted octanol–water partition coefficient (Wildman–Crippen LogP) is 4.23. The molecular weight excluding hydrogens is 428 g/mol. The van der Waals surface area contributed by atoms with Crippen molar-refractivity contribution in [2.24, 2.45) is 5.92 Å². The summed E-state index contributed by atoms with van der Waals surface area (Å²) in [6.45, 7) is 1.36. The molecule has 4 rings (SSSR count). The van der Waals surface area contributed by atoms with Crippen molar-refractivity contribution in [3.05, 3.63) is 65.9 Å². The molecule has 178 valence electrons. The van der Waals surface area contributed by atoms with E-state index < -0.39 is 0 Å². The Kier molecular flexibility index (Phi) is 7.87. The van der Waals surface area contributed by atoms with Gasteiger partial charge in [0, 0.05) is 41.9 Å². The number of Topliss-reactive ketones (excluding diaryl/α,β-unsaturated/α-hetero) is 1. The molecule has 1 atom stereocenters. The highest BCUT2D eigenvalue weighted by Crippen LogP contribution is 2.28. The summed E-state index contributed by atoms with van der Waals surface area (Å²) < 4.78 is 5.60. The van der Waals surface area contributed by atoms with Gasteiger partial charge in [0.25, 0.3) is 0 Å². The fourth-order valence-corrected chi connectivity index (χ4v) is 4.37. The van der Waals surface area contributed by atoms with E-state index in [0.717, 1.165) is 53.2 Å². The number of carbonyl (C=O) groups is 1. The number of hydrogen-bond acceptors (Lipinski definition) is 7. The highest BCUT2D eigenvalue weighted by atomic mass is 16.5. The molecular formula is C27H32N4O3. The molecule has 1 aliphatic rings. The second-order valence-corrected chi connectivity index (χ2v) is 8.84. The lowest BCUT2D eigenvalue weighted by atomic mass is 9.93. The van der Waals surface area contributed by atoms with Gasteiger partial charge in [0.05, 0.1) is 19.4 Å². The Labute approximate surface area is 200 Å². The minimum atomic E-state index is -0.333. The number of aliphatic hydroxyl groups excluding tert-OH is 1. The molecule has 0 saturated heterocycles. The fourth-order valence-electron chi connectivity index (χ4n) is 4.37. The SMILES string of the molecule is COc1ccc2cc1CN(C)CCCC(=O)[C@H](CO)CCc1cccc(c1)Nc1nccc-2n1. The zero-order valence-corrected chi connectivity index (χ0v) is 19.8. The van der Waals surface area contributed by atoms with Crippen molar-refractivity contribution in [1.82, 2.24) is 14.9 Å². The van der Waals surface area contributed by atoms with Crippen LogP contribution in [-0.2, 0) is 17.8 Å². The van der Waals surface area contributed by atoms with Crippen LogP contribution >= 0.6 is 0 Å². The molecule has 6 bridgehead atoms. The quantitative estimate of drug-likeness (QED) is 0.592. The van der Waals surface area contributed by atoms with E-state index >= 15 is 0 Å². The number of carbonyl (C=O) groups excluding carboxylic acids is 1. The lowest BCUT2D eigenvalue weighted by Crippen LogP contribution is -2.23. The Balaban J connectivity index is 1.68. The van der Waals surface area contributed by atoms with Crippen LogP contribution in [0.2, 0.25) is 0 Å². The van der Waals surface area contributed by atoms with Crippen molar-refractivity contribution in [2.45, 2.75) is 32.2 Å². The number of fused-ring (bicyclic) bond motifs is 7. The van der Waals surface area contributed by atoms with Gasteiger partial charge in [-0.25, -0.2) is 9.97 Å². The molecule has 0 aliphatic carbocycles. The number of aryl methyl sites for hydroxylation is 1. The van der Waals surface area contributed by atoms with Gasteiger partial charge >= 0.3 is 0 Å². The van der Waals surface area contributed by atoms with Crippen LogP contribution in [0.25, 0.3) is 11.3 Å². The van der Waals surface area contributed by atoms with E-state index in [2.05, 4.69) is 21.3 Å². The molecule has 7 heteroatoms. The molecule has 7 nitrogen and oxygen atoms in total. The highest BCUT2D eigenvalue weighted by molar-refractivity contribution is 5.81. The van der Waals surface area contributed by atoms with Crippen LogP contribution in [0, 0.1) is 5.92 Å². The van der Waals surface area contributed by atoms with Crippen molar-refractivity contribution in [3.8, 4) is 17.0 Å². The fraction of sp³-hybridized carbons (Fsp3) is 0.370. The third kappa shape index (κ3) is 5.98. The number of nitrogens with one attached hydrogen (secondary N) is 1. The first-order valence-electron chi connectivity index (χ1n) is 11.7. The summed E-state index contributed by atoms with van der Waals surface area (Å²) in [4.78, 5) is 24.1. The Morgan fingerprint density at radius 2 is 2.06 bits per heavy atom. The highest BCUT2D eigenvalue weighted by Gasteiger charge is 2.18. The zero-order valence-electron chi connectivity index (χ0n) is 19.8. The van der Waals surface area contributed by atoms with Gasteiger partial charge in [-0.15, -0.1) is 0 Å². The molecule has 0 radical (unpaired) electrons. The summed E-state index contributed by atoms with van der Waals surface area (Å²) in [6.07, 6.45) is 4.32. The third-order valence-electron chi connectivity index (χ3n) is 6.28. The molecule has 2 heterocycles. The van der Waals surface area contributed by atoms with E-state index in [0.29, 0.717) is 25.3 Å². The van der Waals surface area contributed by atoms with Crippen LogP contribution in [0.1, 0.15) is 30.4 Å². The van der Waals surface area contributed by atoms with Crippen molar-refractivity contribution in [1.29, 1.82) is 0 Å². The molecule has 2 N–H and O–H groups in total. The van der Waals surface area contributed by atoms with Crippen LogP contribution < -0.4 is 10.1 Å². The molecule has 0 fully saturated rings. The number of aromatic nitrogens is 2. The number of benzene rings is 2. The number of methoxy groups -OCH3 is 1. The monoisotopic (exact) mass is 460 g/mol. The summed E-state index contributed by atoms with van der Waals surface area (Å²) in [6, 6.07) is 16.0. The average Bonchev–Trinajstić information content (AvgIpc) is 2.84. The lowest BCUT2D eigenvalue weighted by Gasteiger charge is -2.19. The van der Waals surface area contributed by atoms with Gasteiger partial charge in [-0.3, -0.25) is 4.79 Å². The van der Waals surface area contributed by atoms with Gasteiger partial charge < -0.3 is 20.1 Å². The topological polar surface area (TPSA) is 87.6 Å². The van der Waals surface area contributed by atoms with Gasteiger partial charge in [-0.2, -0.15) is 0 Å². The molecule has 3 aromatic rings. The lowest BCUT2D eigenvalue weighted by molar-refractivity contribution is -0.124. The number of aliphatic hydroxyl groups is 1. The minimum Gasteiger partial charge on any atom is -0.496 e. The zero-order chi connectivity index (χ0) is 23.9. The minimum absolute atomic E-state index is 0.114. The van der Waals surface area contributed by atoms with Gasteiger partial charge in [0.1, 0.15) is 11.5 Å². The number of hydrogen-bond donors (Lipinski definition) is 2. The van der Waals surface area contributed by atoms with E-state index in [4.69, 9.17) is 9.72 Å². The summed E-state index contributed by atoms with van der Waals surface area (Å²) in [5.41, 5.74) is 4.86. The summed E-state index contributed by atoms with van der Waals surface area (Å²) in [7, 11) is 3.72. The summed E-state index contributed by atoms with van der Waals surface area (Å²) in [5.74, 6) is 1.14. The van der Waals surface area contributed by atoms with Crippen LogP contribution in [0.4, 0.5) is 11.6 Å². The number of nitrogens with zero attached hydrogens (tertiary/aromatic N) is 3. The van der Waals surface area contributed by atoms with Crippen LogP contribution in [0.15, 0.2) is 54.7 Å². The van der Waals surface area contributed by atoms with Crippen LogP contribution in [0.3, 0.4) is 0 Å². The standard InChI is InChI=1S/C27H32N4O3/c1-31-14-4-7-25(33)21(18-32)9-8-19-5-3-6-23(15-19)29-27-28-13-12-24(30-27)20-10-11-26(34-2)22(16-20)17-31/h3,5-6,10-13,15-16,21,32H,4,7-9,14,17-18H2,1-2H3,(H,28,29,30)/t21-/m0/s1. The molecule has 34 heavy (non-hydrogen) atoms. The largest absolute Gasteiger partial charge is 0.496 e.